The maximum atomic E-state index is 8.49. The number of hydrogen-bond donors (Lipinski definition) is 0. The zero-order valence-electron chi connectivity index (χ0n) is 13.7. The lowest BCUT2D eigenvalue weighted by molar-refractivity contribution is -2.00. The minimum Gasteiger partial charge on any atom is -0.498 e. The Balaban J connectivity index is 0.000000368. The summed E-state index contributed by atoms with van der Waals surface area (Å²) >= 11 is 0. The summed E-state index contributed by atoms with van der Waals surface area (Å²) in [5.74, 6) is 1.94. The van der Waals surface area contributed by atoms with Crippen molar-refractivity contribution in [3.63, 3.8) is 0 Å². The van der Waals surface area contributed by atoms with Crippen molar-refractivity contribution >= 4 is 17.0 Å². The van der Waals surface area contributed by atoms with Gasteiger partial charge in [-0.3, -0.25) is 0 Å². The van der Waals surface area contributed by atoms with Crippen LogP contribution >= 0.6 is 0 Å². The van der Waals surface area contributed by atoms with Gasteiger partial charge in [0.2, 0.25) is 0 Å². The maximum Gasteiger partial charge on any atom is 0.360 e. The zero-order chi connectivity index (χ0) is 18.0. The first-order chi connectivity index (χ1) is 11.1. The monoisotopic (exact) mass is 354 g/mol. The molecule has 1 aromatic heterocycles. The molecule has 2 aromatic rings. The number of hydrogen-bond acceptors (Lipinski definition) is 5. The Labute approximate surface area is 142 Å². The van der Waals surface area contributed by atoms with Gasteiger partial charge in [0.15, 0.2) is 0 Å². The minimum atomic E-state index is -4.94. The highest BCUT2D eigenvalue weighted by molar-refractivity contribution is 5.79. The lowest BCUT2D eigenvalue weighted by Gasteiger charge is -2.27. The van der Waals surface area contributed by atoms with Crippen LogP contribution in [0.1, 0.15) is 38.5 Å². The fraction of sp³-hybridized carbons (Fsp3) is 0.353. The third kappa shape index (κ3) is 4.90. The van der Waals surface area contributed by atoms with Gasteiger partial charge in [-0.2, -0.15) is 0 Å². The van der Waals surface area contributed by atoms with Gasteiger partial charge in [-0.05, 0) is 19.1 Å². The highest BCUT2D eigenvalue weighted by Gasteiger charge is 2.36. The van der Waals surface area contributed by atoms with Crippen molar-refractivity contribution in [2.24, 2.45) is 0 Å². The van der Waals surface area contributed by atoms with E-state index in [1.165, 1.54) is 5.56 Å². The molecule has 1 heterocycles. The summed E-state index contributed by atoms with van der Waals surface area (Å²) < 4.78 is 45.7. The predicted octanol–water partition coefficient (Wildman–Crippen LogP) is 0.0166. The highest BCUT2D eigenvalue weighted by Crippen LogP contribution is 2.40. The first-order valence-electron chi connectivity index (χ1n) is 7.41. The molecule has 6 nitrogen and oxygen atoms in total. The second-order valence-electron chi connectivity index (χ2n) is 6.04. The molecule has 0 fully saturated rings. The van der Waals surface area contributed by atoms with Gasteiger partial charge in [0, 0.05) is 17.9 Å². The number of fused-ring (bicyclic) bond motifs is 2. The Morgan fingerprint density at radius 3 is 2.42 bits per heavy atom. The third-order valence-corrected chi connectivity index (χ3v) is 3.67. The fourth-order valence-corrected chi connectivity index (χ4v) is 2.74. The van der Waals surface area contributed by atoms with Gasteiger partial charge >= 0.3 is 11.3 Å². The Bertz CT molecular complexity index is 742. The van der Waals surface area contributed by atoms with E-state index in [9.17, 15) is 0 Å². The third-order valence-electron chi connectivity index (χ3n) is 3.67. The Morgan fingerprint density at radius 1 is 1.17 bits per heavy atom. The molecule has 0 amide bonds. The summed E-state index contributed by atoms with van der Waals surface area (Å²) in [6.45, 7) is 7.19. The lowest BCUT2D eigenvalue weighted by Crippen LogP contribution is -2.68. The van der Waals surface area contributed by atoms with Crippen LogP contribution in [0.25, 0.3) is 17.0 Å². The van der Waals surface area contributed by atoms with Gasteiger partial charge in [0.25, 0.3) is 0 Å². The van der Waals surface area contributed by atoms with Gasteiger partial charge in [0.05, 0.1) is 23.6 Å². The van der Waals surface area contributed by atoms with Crippen LogP contribution in [0.15, 0.2) is 40.5 Å². The smallest absolute Gasteiger partial charge is 0.360 e. The van der Waals surface area contributed by atoms with Gasteiger partial charge in [0.1, 0.15) is 5.76 Å². The van der Waals surface area contributed by atoms with E-state index in [1.54, 1.807) is 0 Å². The van der Waals surface area contributed by atoms with Crippen molar-refractivity contribution in [3.8, 4) is 0 Å². The predicted molar refractivity (Wildman–Crippen MR) is 77.9 cm³/mol. The molecule has 0 unspecified atom stereocenters. The minimum absolute atomic E-state index is 0.0438. The second kappa shape index (κ2) is 7.04. The van der Waals surface area contributed by atoms with Crippen LogP contribution < -0.4 is 18.6 Å². The van der Waals surface area contributed by atoms with Crippen LogP contribution in [0.3, 0.4) is 0 Å². The molecule has 7 heteroatoms. The van der Waals surface area contributed by atoms with E-state index < -0.39 is 10.2 Å². The molecule has 24 heavy (non-hydrogen) atoms. The van der Waals surface area contributed by atoms with Gasteiger partial charge in [-0.1, -0.05) is 26.0 Å². The second-order valence-corrected chi connectivity index (χ2v) is 6.80. The molecule has 0 aliphatic heterocycles. The van der Waals surface area contributed by atoms with Crippen molar-refractivity contribution in [2.45, 2.75) is 32.6 Å². The number of allylic oxidation sites excluding steroid dienone is 1. The molecule has 1 aliphatic carbocycles. The molecule has 0 N–H and O–H groups in total. The zero-order valence-corrected chi connectivity index (χ0v) is 14.5. The molecule has 0 spiro atoms. The topological polar surface area (TPSA) is 113 Å². The number of rotatable bonds is 2. The summed E-state index contributed by atoms with van der Waals surface area (Å²) in [4.78, 5) is 0. The summed E-state index contributed by atoms with van der Waals surface area (Å²) in [6, 6.07) is 10.4. The van der Waals surface area contributed by atoms with E-state index in [0.717, 1.165) is 28.9 Å². The van der Waals surface area contributed by atoms with Crippen LogP contribution in [-0.4, -0.2) is 6.61 Å². The number of halogens is 1. The number of benzene rings is 1. The van der Waals surface area contributed by atoms with E-state index >= 15 is 0 Å². The van der Waals surface area contributed by atoms with Crippen molar-refractivity contribution < 1.29 is 38.0 Å². The molecule has 0 bridgehead atoms. The molecule has 1 aromatic carbocycles. The van der Waals surface area contributed by atoms with E-state index in [4.69, 9.17) is 27.8 Å². The summed E-state index contributed by atoms with van der Waals surface area (Å²) in [5.41, 5.74) is 2.22. The van der Waals surface area contributed by atoms with Crippen LogP contribution in [0.2, 0.25) is 0 Å². The highest BCUT2D eigenvalue weighted by atomic mass is 35.7. The van der Waals surface area contributed by atoms with Crippen molar-refractivity contribution in [1.82, 2.24) is 0 Å². The van der Waals surface area contributed by atoms with E-state index in [2.05, 4.69) is 26.0 Å². The fourth-order valence-electron chi connectivity index (χ4n) is 2.74. The standard InChI is InChI=1S/C17H19O2.ClHO4/c1-4-18-13-10-16-14(17(2,3)11-13)9-12-7-5-6-8-15(12)19-16;2-1(3,4)5/h5-10H,4,11H2,1-3H3;(H,2,3,4,5)/q+1;/p-1. The van der Waals surface area contributed by atoms with Gasteiger partial charge < -0.3 is 4.74 Å². The Hall–Kier alpha value is -1.70. The number of para-hydroxylation sites is 1. The Kier molecular flexibility index (Phi) is 5.47. The normalized spacial score (nSPS) is 15.9. The molecule has 0 saturated heterocycles. The summed E-state index contributed by atoms with van der Waals surface area (Å²) in [7, 11) is -4.94. The Morgan fingerprint density at radius 2 is 1.79 bits per heavy atom. The average Bonchev–Trinajstić information content (AvgIpc) is 2.43. The van der Waals surface area contributed by atoms with Crippen molar-refractivity contribution in [2.75, 3.05) is 6.61 Å². The van der Waals surface area contributed by atoms with Crippen LogP contribution in [0, 0.1) is 10.2 Å². The van der Waals surface area contributed by atoms with Gasteiger partial charge in [-0.15, -0.1) is 10.2 Å². The number of ether oxygens (including phenoxy) is 1. The molecular weight excluding hydrogens is 336 g/mol. The van der Waals surface area contributed by atoms with E-state index in [1.807, 2.05) is 31.2 Å². The molecule has 1 aliphatic rings. The molecule has 0 atom stereocenters. The molecule has 3 rings (SSSR count). The van der Waals surface area contributed by atoms with Crippen LogP contribution in [0.5, 0.6) is 0 Å². The molecule has 0 radical (unpaired) electrons. The average molecular weight is 355 g/mol. The van der Waals surface area contributed by atoms with Crippen molar-refractivity contribution in [1.29, 1.82) is 0 Å². The molecule has 0 saturated carbocycles. The van der Waals surface area contributed by atoms with E-state index in [0.29, 0.717) is 6.61 Å². The van der Waals surface area contributed by atoms with Gasteiger partial charge in [-0.25, -0.2) is 23.1 Å². The van der Waals surface area contributed by atoms with E-state index in [-0.39, 0.29) is 5.41 Å². The quantitative estimate of drug-likeness (QED) is 0.702. The van der Waals surface area contributed by atoms with Crippen molar-refractivity contribution in [3.05, 3.63) is 47.4 Å². The SMILES string of the molecule is CCOC1=Cc2[o+]c3ccccc3cc2C(C)(C)C1.[O-][Cl+3]([O-])([O-])[O-]. The summed E-state index contributed by atoms with van der Waals surface area (Å²) in [6.07, 6.45) is 2.96. The molecule has 130 valence electrons. The first kappa shape index (κ1) is 18.6. The van der Waals surface area contributed by atoms with Crippen LogP contribution in [0.4, 0.5) is 0 Å². The maximum absolute atomic E-state index is 8.49. The molecular formula is C17H19ClO6. The largest absolute Gasteiger partial charge is 0.498 e. The first-order valence-corrected chi connectivity index (χ1v) is 8.65. The lowest BCUT2D eigenvalue weighted by atomic mass is 9.77. The summed E-state index contributed by atoms with van der Waals surface area (Å²) in [5, 5.41) is 1.16. The van der Waals surface area contributed by atoms with Crippen LogP contribution in [-0.2, 0) is 10.2 Å².